The molecule has 0 bridgehead atoms. The zero-order valence-corrected chi connectivity index (χ0v) is 14.4. The molecule has 0 aliphatic heterocycles. The maximum atomic E-state index is 14.0. The number of halogens is 1. The van der Waals surface area contributed by atoms with Crippen LogP contribution in [0.25, 0.3) is 0 Å². The monoisotopic (exact) mass is 313 g/mol. The lowest BCUT2D eigenvalue weighted by Gasteiger charge is -2.24. The van der Waals surface area contributed by atoms with E-state index in [0.29, 0.717) is 12.4 Å². The van der Waals surface area contributed by atoms with Crippen molar-refractivity contribution in [1.82, 2.24) is 4.90 Å². The van der Waals surface area contributed by atoms with Crippen molar-refractivity contribution in [3.8, 4) is 5.75 Å². The Morgan fingerprint density at radius 2 is 1.78 bits per heavy atom. The van der Waals surface area contributed by atoms with E-state index in [1.165, 1.54) is 11.6 Å². The Bertz CT molecular complexity index is 616. The van der Waals surface area contributed by atoms with Crippen LogP contribution < -0.4 is 10.2 Å². The lowest BCUT2D eigenvalue weighted by Crippen LogP contribution is -2.35. The average Bonchev–Trinajstić information content (AvgIpc) is 2.51. The summed E-state index contributed by atoms with van der Waals surface area (Å²) in [7, 11) is 4.08. The third-order valence-corrected chi connectivity index (χ3v) is 4.08. The highest BCUT2D eigenvalue weighted by Crippen LogP contribution is 2.14. The van der Waals surface area contributed by atoms with Crippen molar-refractivity contribution in [2.75, 3.05) is 20.7 Å². The standard InChI is InChI=1S/C19H25BFNO/c1-20(2)18-11-10-17(13-19(18)21)23-14-16(22(3)4)12-15-8-6-5-7-9-15/h5-11,13,16H,12,14H2,1-4H3. The Kier molecular flexibility index (Phi) is 6.23. The number of nitrogens with zero attached hydrogens (tertiary/aromatic N) is 1. The summed E-state index contributed by atoms with van der Waals surface area (Å²) in [4.78, 5) is 2.14. The lowest BCUT2D eigenvalue weighted by atomic mass is 9.49. The van der Waals surface area contributed by atoms with E-state index < -0.39 is 0 Å². The first-order valence-corrected chi connectivity index (χ1v) is 8.10. The van der Waals surface area contributed by atoms with Crippen LogP contribution in [0.2, 0.25) is 13.6 Å². The molecule has 0 radical (unpaired) electrons. The van der Waals surface area contributed by atoms with Crippen LogP contribution in [0.1, 0.15) is 5.56 Å². The third kappa shape index (κ3) is 5.10. The fourth-order valence-corrected chi connectivity index (χ4v) is 2.54. The third-order valence-electron chi connectivity index (χ3n) is 4.08. The Hall–Kier alpha value is -1.81. The normalized spacial score (nSPS) is 12.3. The van der Waals surface area contributed by atoms with Gasteiger partial charge in [0.15, 0.2) is 6.71 Å². The highest BCUT2D eigenvalue weighted by molar-refractivity contribution is 6.70. The number of benzene rings is 2. The smallest absolute Gasteiger partial charge is 0.173 e. The molecule has 2 nitrogen and oxygen atoms in total. The second kappa shape index (κ2) is 8.16. The van der Waals surface area contributed by atoms with Crippen molar-refractivity contribution < 1.29 is 9.13 Å². The number of ether oxygens (including phenoxy) is 1. The minimum absolute atomic E-state index is 0.177. The summed E-state index contributed by atoms with van der Waals surface area (Å²) in [6.07, 6.45) is 0.903. The van der Waals surface area contributed by atoms with E-state index in [1.807, 2.05) is 58.1 Å². The maximum absolute atomic E-state index is 14.0. The molecule has 2 rings (SSSR count). The fraction of sp³-hybridized carbons (Fsp3) is 0.368. The van der Waals surface area contributed by atoms with Crippen LogP contribution in [0, 0.1) is 5.82 Å². The maximum Gasteiger partial charge on any atom is 0.173 e. The molecule has 0 aliphatic carbocycles. The van der Waals surface area contributed by atoms with Crippen molar-refractivity contribution in [2.24, 2.45) is 0 Å². The molecule has 0 N–H and O–H groups in total. The minimum Gasteiger partial charge on any atom is -0.492 e. The average molecular weight is 313 g/mol. The molecule has 23 heavy (non-hydrogen) atoms. The molecule has 2 aromatic carbocycles. The topological polar surface area (TPSA) is 12.5 Å². The van der Waals surface area contributed by atoms with Gasteiger partial charge in [-0.15, -0.1) is 0 Å². The summed E-state index contributed by atoms with van der Waals surface area (Å²) in [5, 5.41) is 0. The van der Waals surface area contributed by atoms with Crippen molar-refractivity contribution in [3.63, 3.8) is 0 Å². The van der Waals surface area contributed by atoms with E-state index in [9.17, 15) is 4.39 Å². The molecule has 1 atom stereocenters. The molecule has 0 aromatic heterocycles. The van der Waals surface area contributed by atoms with Gasteiger partial charge in [0.25, 0.3) is 0 Å². The molecule has 0 heterocycles. The molecule has 0 aliphatic rings. The van der Waals surface area contributed by atoms with Gasteiger partial charge in [0.05, 0.1) is 0 Å². The Morgan fingerprint density at radius 3 is 2.35 bits per heavy atom. The van der Waals surface area contributed by atoms with Crippen LogP contribution in [0.4, 0.5) is 4.39 Å². The van der Waals surface area contributed by atoms with Crippen molar-refractivity contribution in [3.05, 3.63) is 59.9 Å². The first kappa shape index (κ1) is 17.5. The summed E-state index contributed by atoms with van der Waals surface area (Å²) in [6, 6.07) is 15.7. The minimum atomic E-state index is -0.193. The molecule has 0 amide bonds. The molecule has 2 aromatic rings. The van der Waals surface area contributed by atoms with E-state index in [1.54, 1.807) is 0 Å². The van der Waals surface area contributed by atoms with Gasteiger partial charge >= 0.3 is 0 Å². The van der Waals surface area contributed by atoms with Crippen molar-refractivity contribution in [1.29, 1.82) is 0 Å². The molecule has 122 valence electrons. The number of hydrogen-bond acceptors (Lipinski definition) is 2. The molecule has 0 saturated heterocycles. The highest BCUT2D eigenvalue weighted by atomic mass is 19.1. The molecule has 1 unspecified atom stereocenters. The van der Waals surface area contributed by atoms with Crippen molar-refractivity contribution in [2.45, 2.75) is 26.1 Å². The molecule has 0 fully saturated rings. The molecule has 0 saturated carbocycles. The number of likely N-dealkylation sites (N-methyl/N-ethyl adjacent to an activating group) is 1. The zero-order valence-electron chi connectivity index (χ0n) is 14.4. The van der Waals surface area contributed by atoms with Gasteiger partial charge in [-0.2, -0.15) is 0 Å². The molecular formula is C19H25BFNO. The second-order valence-electron chi connectivity index (χ2n) is 6.46. The highest BCUT2D eigenvalue weighted by Gasteiger charge is 2.15. The van der Waals surface area contributed by atoms with E-state index in [4.69, 9.17) is 4.74 Å². The van der Waals surface area contributed by atoms with Crippen LogP contribution in [0.5, 0.6) is 5.75 Å². The van der Waals surface area contributed by atoms with Gasteiger partial charge in [0.1, 0.15) is 18.2 Å². The van der Waals surface area contributed by atoms with Gasteiger partial charge in [0.2, 0.25) is 0 Å². The van der Waals surface area contributed by atoms with Crippen LogP contribution in [0.3, 0.4) is 0 Å². The van der Waals surface area contributed by atoms with Gasteiger partial charge in [-0.1, -0.05) is 50.0 Å². The Morgan fingerprint density at radius 1 is 1.09 bits per heavy atom. The fourth-order valence-electron chi connectivity index (χ4n) is 2.54. The van der Waals surface area contributed by atoms with Gasteiger partial charge < -0.3 is 9.64 Å². The SMILES string of the molecule is CB(C)c1ccc(OCC(Cc2ccccc2)N(C)C)cc1F. The van der Waals surface area contributed by atoms with Crippen LogP contribution in [-0.4, -0.2) is 38.4 Å². The second-order valence-corrected chi connectivity index (χ2v) is 6.46. The van der Waals surface area contributed by atoms with Crippen molar-refractivity contribution >= 4 is 12.2 Å². The summed E-state index contributed by atoms with van der Waals surface area (Å²) < 4.78 is 19.9. The van der Waals surface area contributed by atoms with E-state index in [0.717, 1.165) is 11.9 Å². The van der Waals surface area contributed by atoms with Crippen LogP contribution >= 0.6 is 0 Å². The first-order valence-electron chi connectivity index (χ1n) is 8.10. The molecular weight excluding hydrogens is 288 g/mol. The van der Waals surface area contributed by atoms with Crippen LogP contribution in [0.15, 0.2) is 48.5 Å². The van der Waals surface area contributed by atoms with E-state index >= 15 is 0 Å². The molecule has 0 spiro atoms. The summed E-state index contributed by atoms with van der Waals surface area (Å²) in [5.41, 5.74) is 2.00. The van der Waals surface area contributed by atoms with E-state index in [-0.39, 0.29) is 18.6 Å². The Balaban J connectivity index is 2.00. The summed E-state index contributed by atoms with van der Waals surface area (Å²) in [6.45, 7) is 4.68. The summed E-state index contributed by atoms with van der Waals surface area (Å²) >= 11 is 0. The predicted molar refractivity (Wildman–Crippen MR) is 96.6 cm³/mol. The first-order chi connectivity index (χ1) is 11.0. The number of hydrogen-bond donors (Lipinski definition) is 0. The van der Waals surface area contributed by atoms with Gasteiger partial charge in [-0.05, 0) is 37.6 Å². The summed E-state index contributed by atoms with van der Waals surface area (Å²) in [5.74, 6) is 0.397. The Labute approximate surface area is 139 Å². The predicted octanol–water partition coefficient (Wildman–Crippen LogP) is 3.34. The molecule has 4 heteroatoms. The van der Waals surface area contributed by atoms with Gasteiger partial charge in [-0.25, -0.2) is 4.39 Å². The van der Waals surface area contributed by atoms with E-state index in [2.05, 4.69) is 17.0 Å². The lowest BCUT2D eigenvalue weighted by molar-refractivity contribution is 0.184. The van der Waals surface area contributed by atoms with Gasteiger partial charge in [-0.3, -0.25) is 0 Å². The van der Waals surface area contributed by atoms with Gasteiger partial charge in [0, 0.05) is 12.1 Å². The number of rotatable bonds is 7. The zero-order chi connectivity index (χ0) is 16.8. The van der Waals surface area contributed by atoms with Crippen LogP contribution in [-0.2, 0) is 6.42 Å². The quantitative estimate of drug-likeness (QED) is 0.727. The largest absolute Gasteiger partial charge is 0.492 e.